The van der Waals surface area contributed by atoms with Gasteiger partial charge in [-0.25, -0.2) is 9.18 Å². The van der Waals surface area contributed by atoms with Crippen molar-refractivity contribution in [1.82, 2.24) is 4.57 Å². The van der Waals surface area contributed by atoms with Crippen LogP contribution in [0.3, 0.4) is 0 Å². The maximum absolute atomic E-state index is 13.6. The molecule has 0 N–H and O–H groups in total. The monoisotopic (exact) mass is 369 g/mol. The van der Waals surface area contributed by atoms with Crippen LogP contribution >= 0.6 is 27.5 Å². The Labute approximate surface area is 133 Å². The molecule has 0 aliphatic carbocycles. The van der Waals surface area contributed by atoms with E-state index in [1.165, 1.54) is 10.6 Å². The number of rotatable bonds is 2. The Kier molecular flexibility index (Phi) is 3.63. The predicted molar refractivity (Wildman–Crippen MR) is 83.3 cm³/mol. The van der Waals surface area contributed by atoms with Gasteiger partial charge in [-0.3, -0.25) is 4.57 Å². The van der Waals surface area contributed by atoms with Crippen LogP contribution in [0, 0.1) is 5.82 Å². The summed E-state index contributed by atoms with van der Waals surface area (Å²) in [5.41, 5.74) is 2.49. The highest BCUT2D eigenvalue weighted by Crippen LogP contribution is 2.35. The molecule has 6 heteroatoms. The second-order valence-corrected chi connectivity index (χ2v) is 5.89. The van der Waals surface area contributed by atoms with Gasteiger partial charge in [0.2, 0.25) is 0 Å². The minimum atomic E-state index is -0.551. The Balaban J connectivity index is 2.11. The van der Waals surface area contributed by atoms with Gasteiger partial charge < -0.3 is 4.42 Å². The first-order valence-electron chi connectivity index (χ1n) is 6.16. The molecule has 3 rings (SSSR count). The molecule has 0 radical (unpaired) electrons. The van der Waals surface area contributed by atoms with E-state index in [0.717, 1.165) is 5.56 Å². The van der Waals surface area contributed by atoms with E-state index >= 15 is 0 Å². The van der Waals surface area contributed by atoms with Gasteiger partial charge in [0.25, 0.3) is 0 Å². The number of halogens is 3. The molecule has 0 aliphatic heterocycles. The Bertz CT molecular complexity index is 887. The van der Waals surface area contributed by atoms with Crippen molar-refractivity contribution in [2.24, 2.45) is 7.05 Å². The zero-order valence-corrected chi connectivity index (χ0v) is 13.3. The second-order valence-electron chi connectivity index (χ2n) is 4.66. The third-order valence-electron chi connectivity index (χ3n) is 3.36. The molecular formula is C15H10BrClFNO2. The Morgan fingerprint density at radius 3 is 2.86 bits per heavy atom. The van der Waals surface area contributed by atoms with Crippen LogP contribution in [0.2, 0.25) is 0 Å². The van der Waals surface area contributed by atoms with Crippen LogP contribution in [-0.2, 0) is 7.05 Å². The van der Waals surface area contributed by atoms with Gasteiger partial charge in [0.15, 0.2) is 5.58 Å². The number of hydrogen-bond acceptors (Lipinski definition) is 2. The van der Waals surface area contributed by atoms with E-state index < -0.39 is 11.1 Å². The van der Waals surface area contributed by atoms with Crippen LogP contribution in [0.1, 0.15) is 16.5 Å². The van der Waals surface area contributed by atoms with E-state index in [0.29, 0.717) is 21.1 Å². The van der Waals surface area contributed by atoms with Gasteiger partial charge in [0, 0.05) is 7.05 Å². The lowest BCUT2D eigenvalue weighted by atomic mass is 10.0. The minimum Gasteiger partial charge on any atom is -0.408 e. The summed E-state index contributed by atoms with van der Waals surface area (Å²) >= 11 is 9.64. The fourth-order valence-corrected chi connectivity index (χ4v) is 3.15. The van der Waals surface area contributed by atoms with Crippen LogP contribution in [-0.4, -0.2) is 4.57 Å². The molecule has 0 saturated heterocycles. The molecule has 108 valence electrons. The molecule has 21 heavy (non-hydrogen) atoms. The molecule has 1 heterocycles. The SMILES string of the molecule is Cn1c(=O)oc2cc(C(Cl)c3cccc(F)c3Br)ccc21. The quantitative estimate of drug-likeness (QED) is 0.628. The normalized spacial score (nSPS) is 12.8. The van der Waals surface area contributed by atoms with Crippen molar-refractivity contribution in [2.45, 2.75) is 5.38 Å². The number of aryl methyl sites for hydroxylation is 1. The fraction of sp³-hybridized carbons (Fsp3) is 0.133. The van der Waals surface area contributed by atoms with Crippen LogP contribution in [0.15, 0.2) is 50.1 Å². The maximum atomic E-state index is 13.6. The molecule has 1 atom stereocenters. The summed E-state index contributed by atoms with van der Waals surface area (Å²) in [5.74, 6) is -0.800. The number of benzene rings is 2. The molecular weight excluding hydrogens is 361 g/mol. The third-order valence-corrected chi connectivity index (χ3v) is 4.69. The first kappa shape index (κ1) is 14.4. The molecule has 0 fully saturated rings. The van der Waals surface area contributed by atoms with Gasteiger partial charge in [-0.05, 0) is 45.3 Å². The molecule has 3 aromatic rings. The molecule has 0 saturated carbocycles. The topological polar surface area (TPSA) is 35.1 Å². The molecule has 0 bridgehead atoms. The molecule has 1 unspecified atom stereocenters. The third kappa shape index (κ3) is 2.40. The Hall–Kier alpha value is -1.59. The van der Waals surface area contributed by atoms with E-state index in [1.807, 2.05) is 0 Å². The van der Waals surface area contributed by atoms with Gasteiger partial charge in [0.1, 0.15) is 5.82 Å². The average molecular weight is 371 g/mol. The highest BCUT2D eigenvalue weighted by atomic mass is 79.9. The van der Waals surface area contributed by atoms with Crippen molar-refractivity contribution in [3.8, 4) is 0 Å². The molecule has 0 aliphatic rings. The lowest BCUT2D eigenvalue weighted by Crippen LogP contribution is -2.08. The van der Waals surface area contributed by atoms with Crippen LogP contribution < -0.4 is 5.76 Å². The predicted octanol–water partition coefficient (Wildman–Crippen LogP) is 4.36. The Morgan fingerprint density at radius 1 is 1.33 bits per heavy atom. The van der Waals surface area contributed by atoms with Crippen LogP contribution in [0.4, 0.5) is 4.39 Å². The first-order chi connectivity index (χ1) is 9.99. The highest BCUT2D eigenvalue weighted by molar-refractivity contribution is 9.10. The summed E-state index contributed by atoms with van der Waals surface area (Å²) in [5, 5.41) is -0.551. The molecule has 0 spiro atoms. The second kappa shape index (κ2) is 5.31. The number of hydrogen-bond donors (Lipinski definition) is 0. The average Bonchev–Trinajstić information content (AvgIpc) is 2.76. The van der Waals surface area contributed by atoms with Gasteiger partial charge in [0.05, 0.1) is 15.4 Å². The maximum Gasteiger partial charge on any atom is 0.419 e. The number of alkyl halides is 1. The minimum absolute atomic E-state index is 0.333. The van der Waals surface area contributed by atoms with Crippen molar-refractivity contribution in [3.63, 3.8) is 0 Å². The number of fused-ring (bicyclic) bond motifs is 1. The summed E-state index contributed by atoms with van der Waals surface area (Å²) in [6.45, 7) is 0. The van der Waals surface area contributed by atoms with E-state index in [-0.39, 0.29) is 5.82 Å². The number of oxazole rings is 1. The van der Waals surface area contributed by atoms with Crippen molar-refractivity contribution in [3.05, 3.63) is 68.4 Å². The summed E-state index contributed by atoms with van der Waals surface area (Å²) in [6.07, 6.45) is 0. The summed E-state index contributed by atoms with van der Waals surface area (Å²) in [7, 11) is 1.63. The van der Waals surface area contributed by atoms with E-state index in [1.54, 1.807) is 37.4 Å². The molecule has 0 amide bonds. The van der Waals surface area contributed by atoms with E-state index in [2.05, 4.69) is 15.9 Å². The summed E-state index contributed by atoms with van der Waals surface area (Å²) < 4.78 is 20.5. The zero-order valence-electron chi connectivity index (χ0n) is 10.9. The summed E-state index contributed by atoms with van der Waals surface area (Å²) in [6, 6.07) is 9.97. The fourth-order valence-electron chi connectivity index (χ4n) is 2.20. The smallest absolute Gasteiger partial charge is 0.408 e. The molecule has 3 nitrogen and oxygen atoms in total. The van der Waals surface area contributed by atoms with E-state index in [9.17, 15) is 9.18 Å². The largest absolute Gasteiger partial charge is 0.419 e. The first-order valence-corrected chi connectivity index (χ1v) is 7.39. The van der Waals surface area contributed by atoms with Gasteiger partial charge in [-0.1, -0.05) is 18.2 Å². The van der Waals surface area contributed by atoms with Crippen molar-refractivity contribution < 1.29 is 8.81 Å². The lowest BCUT2D eigenvalue weighted by molar-refractivity contribution is 0.528. The molecule has 2 aromatic carbocycles. The standard InChI is InChI=1S/C15H10BrClFNO2/c1-19-11-6-5-8(7-12(11)21-15(19)20)14(17)9-3-2-4-10(18)13(9)16/h2-7,14H,1H3. The number of aromatic nitrogens is 1. The van der Waals surface area contributed by atoms with Crippen molar-refractivity contribution in [1.29, 1.82) is 0 Å². The van der Waals surface area contributed by atoms with Gasteiger partial charge in [-0.15, -0.1) is 11.6 Å². The van der Waals surface area contributed by atoms with Crippen LogP contribution in [0.5, 0.6) is 0 Å². The van der Waals surface area contributed by atoms with Gasteiger partial charge >= 0.3 is 5.76 Å². The molecule has 1 aromatic heterocycles. The van der Waals surface area contributed by atoms with Crippen molar-refractivity contribution >= 4 is 38.6 Å². The van der Waals surface area contributed by atoms with Crippen LogP contribution in [0.25, 0.3) is 11.1 Å². The van der Waals surface area contributed by atoms with Gasteiger partial charge in [-0.2, -0.15) is 0 Å². The van der Waals surface area contributed by atoms with E-state index in [4.69, 9.17) is 16.0 Å². The highest BCUT2D eigenvalue weighted by Gasteiger charge is 2.18. The number of nitrogens with zero attached hydrogens (tertiary/aromatic N) is 1. The zero-order chi connectivity index (χ0) is 15.1. The summed E-state index contributed by atoms with van der Waals surface area (Å²) in [4.78, 5) is 11.5. The van der Waals surface area contributed by atoms with Crippen molar-refractivity contribution in [2.75, 3.05) is 0 Å². The lowest BCUT2D eigenvalue weighted by Gasteiger charge is -2.12. The Morgan fingerprint density at radius 2 is 2.10 bits per heavy atom.